The lowest BCUT2D eigenvalue weighted by Gasteiger charge is -2.39. The van der Waals surface area contributed by atoms with Crippen molar-refractivity contribution in [1.82, 2.24) is 10.2 Å². The highest BCUT2D eigenvalue weighted by atomic mass is 16.5. The van der Waals surface area contributed by atoms with Crippen LogP contribution in [0.25, 0.3) is 0 Å². The lowest BCUT2D eigenvalue weighted by atomic mass is 9.82. The minimum Gasteiger partial charge on any atom is -0.377 e. The van der Waals surface area contributed by atoms with Crippen molar-refractivity contribution in [3.05, 3.63) is 0 Å². The first kappa shape index (κ1) is 13.3. The van der Waals surface area contributed by atoms with Crippen molar-refractivity contribution in [2.24, 2.45) is 5.41 Å². The molecule has 17 heavy (non-hydrogen) atoms. The topological polar surface area (TPSA) is 24.5 Å². The van der Waals surface area contributed by atoms with Gasteiger partial charge >= 0.3 is 0 Å². The summed E-state index contributed by atoms with van der Waals surface area (Å²) in [4.78, 5) is 2.59. The van der Waals surface area contributed by atoms with Gasteiger partial charge in [-0.15, -0.1) is 0 Å². The average Bonchev–Trinajstić information content (AvgIpc) is 2.81. The molecule has 2 aliphatic rings. The van der Waals surface area contributed by atoms with Gasteiger partial charge in [-0.2, -0.15) is 0 Å². The van der Waals surface area contributed by atoms with Gasteiger partial charge in [-0.25, -0.2) is 0 Å². The third-order valence-corrected chi connectivity index (χ3v) is 4.22. The number of likely N-dealkylation sites (N-methyl/N-ethyl adjacent to an activating group) is 1. The Morgan fingerprint density at radius 1 is 1.41 bits per heavy atom. The number of nitrogens with one attached hydrogen (secondary N) is 1. The van der Waals surface area contributed by atoms with Crippen LogP contribution < -0.4 is 5.32 Å². The van der Waals surface area contributed by atoms with Gasteiger partial charge in [-0.05, 0) is 44.2 Å². The van der Waals surface area contributed by atoms with Crippen LogP contribution in [0.4, 0.5) is 0 Å². The summed E-state index contributed by atoms with van der Waals surface area (Å²) in [5.41, 5.74) is 0.465. The summed E-state index contributed by atoms with van der Waals surface area (Å²) in [5.74, 6) is 0. The molecule has 3 nitrogen and oxygen atoms in total. The molecule has 2 saturated heterocycles. The maximum absolute atomic E-state index is 5.75. The number of piperidine rings is 1. The Balaban J connectivity index is 1.80. The standard InChI is InChI=1S/C14H28N2O/c1-3-16(10-13-6-4-9-17-13)12-14(2)7-5-8-15-11-14/h13,15H,3-12H2,1-2H3. The van der Waals surface area contributed by atoms with Crippen LogP contribution in [0.3, 0.4) is 0 Å². The van der Waals surface area contributed by atoms with E-state index in [4.69, 9.17) is 4.74 Å². The van der Waals surface area contributed by atoms with Gasteiger partial charge in [0.05, 0.1) is 6.10 Å². The minimum atomic E-state index is 0.465. The van der Waals surface area contributed by atoms with Gasteiger partial charge in [0, 0.05) is 26.2 Å². The van der Waals surface area contributed by atoms with Crippen LogP contribution in [-0.2, 0) is 4.74 Å². The van der Waals surface area contributed by atoms with Crippen LogP contribution in [-0.4, -0.2) is 50.3 Å². The normalized spacial score (nSPS) is 34.4. The van der Waals surface area contributed by atoms with Gasteiger partial charge in [-0.3, -0.25) is 0 Å². The molecule has 0 aromatic rings. The zero-order chi connectivity index (χ0) is 12.1. The van der Waals surface area contributed by atoms with Crippen LogP contribution >= 0.6 is 0 Å². The summed E-state index contributed by atoms with van der Waals surface area (Å²) in [6, 6.07) is 0. The van der Waals surface area contributed by atoms with E-state index in [1.165, 1.54) is 45.3 Å². The summed E-state index contributed by atoms with van der Waals surface area (Å²) in [5, 5.41) is 3.54. The number of ether oxygens (including phenoxy) is 1. The van der Waals surface area contributed by atoms with Crippen LogP contribution in [0, 0.1) is 5.41 Å². The molecule has 0 spiro atoms. The summed E-state index contributed by atoms with van der Waals surface area (Å²) in [7, 11) is 0. The van der Waals surface area contributed by atoms with Crippen molar-refractivity contribution in [2.45, 2.75) is 45.6 Å². The smallest absolute Gasteiger partial charge is 0.0702 e. The predicted octanol–water partition coefficient (Wildman–Crippen LogP) is 1.88. The van der Waals surface area contributed by atoms with Crippen molar-refractivity contribution < 1.29 is 4.74 Å². The van der Waals surface area contributed by atoms with Crippen LogP contribution in [0.5, 0.6) is 0 Å². The lowest BCUT2D eigenvalue weighted by Crippen LogP contribution is -2.47. The summed E-state index contributed by atoms with van der Waals surface area (Å²) in [6.07, 6.45) is 5.69. The first-order chi connectivity index (χ1) is 8.22. The van der Waals surface area contributed by atoms with Crippen molar-refractivity contribution in [1.29, 1.82) is 0 Å². The van der Waals surface area contributed by atoms with Crippen LogP contribution in [0.15, 0.2) is 0 Å². The fourth-order valence-corrected chi connectivity index (χ4v) is 3.18. The Bertz CT molecular complexity index is 220. The summed E-state index contributed by atoms with van der Waals surface area (Å²) < 4.78 is 5.75. The molecule has 0 bridgehead atoms. The first-order valence-corrected chi connectivity index (χ1v) is 7.26. The summed E-state index contributed by atoms with van der Waals surface area (Å²) in [6.45, 7) is 11.5. The molecule has 2 atom stereocenters. The third kappa shape index (κ3) is 3.94. The lowest BCUT2D eigenvalue weighted by molar-refractivity contribution is 0.0534. The highest BCUT2D eigenvalue weighted by molar-refractivity contribution is 4.85. The Kier molecular flexibility index (Phi) is 4.83. The largest absolute Gasteiger partial charge is 0.377 e. The van der Waals surface area contributed by atoms with Crippen molar-refractivity contribution in [3.8, 4) is 0 Å². The Hall–Kier alpha value is -0.120. The fraction of sp³-hybridized carbons (Fsp3) is 1.00. The number of nitrogens with zero attached hydrogens (tertiary/aromatic N) is 1. The highest BCUT2D eigenvalue weighted by Gasteiger charge is 2.29. The summed E-state index contributed by atoms with van der Waals surface area (Å²) >= 11 is 0. The Morgan fingerprint density at radius 2 is 2.29 bits per heavy atom. The molecule has 0 radical (unpaired) electrons. The van der Waals surface area contributed by atoms with E-state index in [9.17, 15) is 0 Å². The SMILES string of the molecule is CCN(CC1CCCO1)CC1(C)CCCNC1. The second-order valence-electron chi connectivity index (χ2n) is 6.05. The molecular weight excluding hydrogens is 212 g/mol. The van der Waals surface area contributed by atoms with Gasteiger partial charge in [0.25, 0.3) is 0 Å². The van der Waals surface area contributed by atoms with Crippen molar-refractivity contribution in [3.63, 3.8) is 0 Å². The van der Waals surface area contributed by atoms with Gasteiger partial charge in [0.15, 0.2) is 0 Å². The molecule has 2 fully saturated rings. The molecule has 2 unspecified atom stereocenters. The Morgan fingerprint density at radius 3 is 2.88 bits per heavy atom. The van der Waals surface area contributed by atoms with Crippen LogP contribution in [0.2, 0.25) is 0 Å². The van der Waals surface area contributed by atoms with E-state index in [0.29, 0.717) is 11.5 Å². The molecule has 0 aromatic carbocycles. The molecule has 0 saturated carbocycles. The monoisotopic (exact) mass is 240 g/mol. The van der Waals surface area contributed by atoms with E-state index in [1.54, 1.807) is 0 Å². The zero-order valence-electron chi connectivity index (χ0n) is 11.5. The molecule has 3 heteroatoms. The molecule has 0 aliphatic carbocycles. The quantitative estimate of drug-likeness (QED) is 0.794. The molecule has 0 aromatic heterocycles. The molecular formula is C14H28N2O. The first-order valence-electron chi connectivity index (χ1n) is 7.26. The molecule has 0 amide bonds. The second kappa shape index (κ2) is 6.17. The van der Waals surface area contributed by atoms with E-state index in [0.717, 1.165) is 19.7 Å². The van der Waals surface area contributed by atoms with E-state index in [1.807, 2.05) is 0 Å². The second-order valence-corrected chi connectivity index (χ2v) is 6.05. The number of hydrogen-bond acceptors (Lipinski definition) is 3. The van der Waals surface area contributed by atoms with Gasteiger partial charge < -0.3 is 15.0 Å². The van der Waals surface area contributed by atoms with Gasteiger partial charge in [0.2, 0.25) is 0 Å². The zero-order valence-corrected chi connectivity index (χ0v) is 11.5. The highest BCUT2D eigenvalue weighted by Crippen LogP contribution is 2.27. The van der Waals surface area contributed by atoms with Gasteiger partial charge in [0.1, 0.15) is 0 Å². The Labute approximate surface area is 106 Å². The fourth-order valence-electron chi connectivity index (χ4n) is 3.18. The van der Waals surface area contributed by atoms with E-state index in [2.05, 4.69) is 24.1 Å². The van der Waals surface area contributed by atoms with Crippen molar-refractivity contribution >= 4 is 0 Å². The number of rotatable bonds is 5. The van der Waals surface area contributed by atoms with Gasteiger partial charge in [-0.1, -0.05) is 13.8 Å². The third-order valence-electron chi connectivity index (χ3n) is 4.22. The minimum absolute atomic E-state index is 0.465. The predicted molar refractivity (Wildman–Crippen MR) is 71.3 cm³/mol. The van der Waals surface area contributed by atoms with Crippen molar-refractivity contribution in [2.75, 3.05) is 39.3 Å². The average molecular weight is 240 g/mol. The van der Waals surface area contributed by atoms with E-state index < -0.39 is 0 Å². The maximum atomic E-state index is 5.75. The van der Waals surface area contributed by atoms with E-state index >= 15 is 0 Å². The maximum Gasteiger partial charge on any atom is 0.0702 e. The van der Waals surface area contributed by atoms with Crippen LogP contribution in [0.1, 0.15) is 39.5 Å². The molecule has 100 valence electrons. The van der Waals surface area contributed by atoms with E-state index in [-0.39, 0.29) is 0 Å². The number of hydrogen-bond donors (Lipinski definition) is 1. The molecule has 2 heterocycles. The molecule has 2 aliphatic heterocycles. The molecule has 2 rings (SSSR count). The molecule has 1 N–H and O–H groups in total.